The summed E-state index contributed by atoms with van der Waals surface area (Å²) in [6.45, 7) is 13.2. The number of nitrogens with one attached hydrogen (secondary N) is 1. The van der Waals surface area contributed by atoms with Crippen LogP contribution in [0.5, 0.6) is 0 Å². The zero-order valence-corrected chi connectivity index (χ0v) is 13.7. The lowest BCUT2D eigenvalue weighted by molar-refractivity contribution is -0.132. The number of likely N-dealkylation sites (N-methyl/N-ethyl adjacent to an activating group) is 1. The van der Waals surface area contributed by atoms with Crippen LogP contribution >= 0.6 is 0 Å². The molecule has 1 N–H and O–H groups in total. The molecule has 1 fully saturated rings. The Hall–Kier alpha value is -0.610. The smallest absolute Gasteiger partial charge is 0.236 e. The van der Waals surface area contributed by atoms with Crippen LogP contribution in [-0.2, 0) is 4.79 Å². The fraction of sp³-hybridized carbons (Fsp3) is 0.938. The second-order valence-corrected chi connectivity index (χ2v) is 5.90. The van der Waals surface area contributed by atoms with Gasteiger partial charge in [-0.15, -0.1) is 0 Å². The summed E-state index contributed by atoms with van der Waals surface area (Å²) in [5, 5.41) is 3.40. The Balaban J connectivity index is 2.41. The van der Waals surface area contributed by atoms with E-state index in [9.17, 15) is 4.79 Å². The van der Waals surface area contributed by atoms with Gasteiger partial charge < -0.3 is 10.2 Å². The lowest BCUT2D eigenvalue weighted by atomic mass is 9.97. The monoisotopic (exact) mass is 283 g/mol. The van der Waals surface area contributed by atoms with Crippen molar-refractivity contribution in [2.45, 2.75) is 46.5 Å². The predicted molar refractivity (Wildman–Crippen MR) is 84.9 cm³/mol. The molecule has 4 heteroatoms. The Bertz CT molecular complexity index is 258. The molecule has 4 nitrogen and oxygen atoms in total. The number of piperidine rings is 1. The second-order valence-electron chi connectivity index (χ2n) is 5.90. The highest BCUT2D eigenvalue weighted by Gasteiger charge is 2.20. The number of carbonyl (C=O) groups excluding carboxylic acids is 1. The topological polar surface area (TPSA) is 35.6 Å². The summed E-state index contributed by atoms with van der Waals surface area (Å²) in [5.41, 5.74) is 0. The zero-order valence-electron chi connectivity index (χ0n) is 13.7. The number of carbonyl (C=O) groups is 1. The van der Waals surface area contributed by atoms with Crippen LogP contribution < -0.4 is 5.32 Å². The van der Waals surface area contributed by atoms with Gasteiger partial charge in [-0.05, 0) is 51.2 Å². The van der Waals surface area contributed by atoms with Crippen molar-refractivity contribution in [3.05, 3.63) is 0 Å². The maximum absolute atomic E-state index is 12.4. The standard InChI is InChI=1S/C16H33N3O/c1-4-11-19(12-5-2)16(20)14-18(6-3)13-15-7-9-17-10-8-15/h15,17H,4-14H2,1-3H3. The average Bonchev–Trinajstić information content (AvgIpc) is 2.47. The summed E-state index contributed by atoms with van der Waals surface area (Å²) in [5.74, 6) is 1.07. The Labute approximate surface area is 124 Å². The van der Waals surface area contributed by atoms with E-state index < -0.39 is 0 Å². The molecule has 0 radical (unpaired) electrons. The summed E-state index contributed by atoms with van der Waals surface area (Å²) >= 11 is 0. The molecule has 1 saturated heterocycles. The van der Waals surface area contributed by atoms with Crippen molar-refractivity contribution in [3.63, 3.8) is 0 Å². The van der Waals surface area contributed by atoms with Crippen LogP contribution in [0, 0.1) is 5.92 Å². The molecule has 1 aliphatic heterocycles. The minimum Gasteiger partial charge on any atom is -0.342 e. The summed E-state index contributed by atoms with van der Waals surface area (Å²) in [6.07, 6.45) is 4.59. The maximum atomic E-state index is 12.4. The van der Waals surface area contributed by atoms with Crippen LogP contribution in [0.4, 0.5) is 0 Å². The molecule has 0 spiro atoms. The van der Waals surface area contributed by atoms with Gasteiger partial charge in [0.25, 0.3) is 0 Å². The maximum Gasteiger partial charge on any atom is 0.236 e. The molecule has 1 aliphatic rings. The first kappa shape index (κ1) is 17.4. The quantitative estimate of drug-likeness (QED) is 0.702. The number of hydrogen-bond acceptors (Lipinski definition) is 3. The molecule has 20 heavy (non-hydrogen) atoms. The molecule has 0 aromatic heterocycles. The van der Waals surface area contributed by atoms with Gasteiger partial charge in [0.05, 0.1) is 6.54 Å². The summed E-state index contributed by atoms with van der Waals surface area (Å²) < 4.78 is 0. The van der Waals surface area contributed by atoms with Crippen molar-refractivity contribution in [2.24, 2.45) is 5.92 Å². The zero-order chi connectivity index (χ0) is 14.8. The number of amides is 1. The van der Waals surface area contributed by atoms with Gasteiger partial charge in [0.15, 0.2) is 0 Å². The van der Waals surface area contributed by atoms with Crippen molar-refractivity contribution in [3.8, 4) is 0 Å². The van der Waals surface area contributed by atoms with Crippen LogP contribution in [-0.4, -0.2) is 61.5 Å². The van der Waals surface area contributed by atoms with E-state index in [1.54, 1.807) is 0 Å². The highest BCUT2D eigenvalue weighted by atomic mass is 16.2. The Kier molecular flexibility index (Phi) is 8.86. The van der Waals surface area contributed by atoms with E-state index in [4.69, 9.17) is 0 Å². The van der Waals surface area contributed by atoms with E-state index in [2.05, 4.69) is 31.0 Å². The van der Waals surface area contributed by atoms with Gasteiger partial charge >= 0.3 is 0 Å². The van der Waals surface area contributed by atoms with Crippen LogP contribution in [0.15, 0.2) is 0 Å². The third-order valence-corrected chi connectivity index (χ3v) is 4.12. The first-order chi connectivity index (χ1) is 9.71. The molecule has 118 valence electrons. The summed E-state index contributed by atoms with van der Waals surface area (Å²) in [4.78, 5) is 16.8. The SMILES string of the molecule is CCCN(CCC)C(=O)CN(CC)CC1CCNCC1. The fourth-order valence-electron chi connectivity index (χ4n) is 2.93. The van der Waals surface area contributed by atoms with Gasteiger partial charge in [-0.2, -0.15) is 0 Å². The second kappa shape index (κ2) is 10.2. The van der Waals surface area contributed by atoms with Gasteiger partial charge in [0, 0.05) is 19.6 Å². The minimum atomic E-state index is 0.310. The van der Waals surface area contributed by atoms with Gasteiger partial charge in [0.1, 0.15) is 0 Å². The Morgan fingerprint density at radius 2 is 1.70 bits per heavy atom. The molecule has 1 amide bonds. The summed E-state index contributed by atoms with van der Waals surface area (Å²) in [6, 6.07) is 0. The first-order valence-electron chi connectivity index (χ1n) is 8.42. The average molecular weight is 283 g/mol. The summed E-state index contributed by atoms with van der Waals surface area (Å²) in [7, 11) is 0. The molecule has 0 aliphatic carbocycles. The molecule has 0 unspecified atom stereocenters. The van der Waals surface area contributed by atoms with Crippen molar-refractivity contribution in [1.29, 1.82) is 0 Å². The number of rotatable bonds is 9. The normalized spacial score (nSPS) is 16.6. The molecule has 0 aromatic rings. The van der Waals surface area contributed by atoms with Gasteiger partial charge in [-0.25, -0.2) is 0 Å². The van der Waals surface area contributed by atoms with Gasteiger partial charge in [-0.3, -0.25) is 9.69 Å². The highest BCUT2D eigenvalue weighted by molar-refractivity contribution is 5.78. The van der Waals surface area contributed by atoms with Crippen molar-refractivity contribution in [2.75, 3.05) is 45.8 Å². The highest BCUT2D eigenvalue weighted by Crippen LogP contribution is 2.13. The molecule has 0 saturated carbocycles. The van der Waals surface area contributed by atoms with Gasteiger partial charge in [-0.1, -0.05) is 20.8 Å². The van der Waals surface area contributed by atoms with Crippen LogP contribution in [0.2, 0.25) is 0 Å². The van der Waals surface area contributed by atoms with E-state index in [-0.39, 0.29) is 0 Å². The van der Waals surface area contributed by atoms with Crippen molar-refractivity contribution in [1.82, 2.24) is 15.1 Å². The van der Waals surface area contributed by atoms with E-state index in [0.717, 1.165) is 58.0 Å². The van der Waals surface area contributed by atoms with Crippen LogP contribution in [0.3, 0.4) is 0 Å². The Morgan fingerprint density at radius 1 is 1.10 bits per heavy atom. The number of nitrogens with zero attached hydrogens (tertiary/aromatic N) is 2. The van der Waals surface area contributed by atoms with Crippen LogP contribution in [0.1, 0.15) is 46.5 Å². The van der Waals surface area contributed by atoms with E-state index >= 15 is 0 Å². The molecule has 1 rings (SSSR count). The van der Waals surface area contributed by atoms with Gasteiger partial charge in [0.2, 0.25) is 5.91 Å². The number of hydrogen-bond donors (Lipinski definition) is 1. The molecular weight excluding hydrogens is 250 g/mol. The fourth-order valence-corrected chi connectivity index (χ4v) is 2.93. The third-order valence-electron chi connectivity index (χ3n) is 4.12. The lowest BCUT2D eigenvalue weighted by Crippen LogP contribution is -2.43. The molecular formula is C16H33N3O. The van der Waals surface area contributed by atoms with E-state index in [1.807, 2.05) is 4.90 Å². The predicted octanol–water partition coefficient (Wildman–Crippen LogP) is 1.96. The van der Waals surface area contributed by atoms with Crippen molar-refractivity contribution < 1.29 is 4.79 Å². The van der Waals surface area contributed by atoms with E-state index in [1.165, 1.54) is 12.8 Å². The van der Waals surface area contributed by atoms with Crippen LogP contribution in [0.25, 0.3) is 0 Å². The Morgan fingerprint density at radius 3 is 2.20 bits per heavy atom. The largest absolute Gasteiger partial charge is 0.342 e. The minimum absolute atomic E-state index is 0.310. The molecule has 0 atom stereocenters. The van der Waals surface area contributed by atoms with E-state index in [0.29, 0.717) is 12.5 Å². The molecule has 1 heterocycles. The first-order valence-corrected chi connectivity index (χ1v) is 8.42. The van der Waals surface area contributed by atoms with Crippen molar-refractivity contribution >= 4 is 5.91 Å². The lowest BCUT2D eigenvalue weighted by Gasteiger charge is -2.31. The molecule has 0 aromatic carbocycles. The molecule has 0 bridgehead atoms. The third kappa shape index (κ3) is 6.23.